The Labute approximate surface area is 125 Å². The van der Waals surface area contributed by atoms with Gasteiger partial charge in [-0.25, -0.2) is 4.99 Å². The van der Waals surface area contributed by atoms with Gasteiger partial charge in [-0.1, -0.05) is 58.4 Å². The molecule has 0 radical (unpaired) electrons. The minimum Gasteiger partial charge on any atom is -0.305 e. The molecule has 0 atom stereocenters. The molecule has 98 valence electrons. The van der Waals surface area contributed by atoms with E-state index in [2.05, 4.69) is 26.2 Å². The Kier molecular flexibility index (Phi) is 3.48. The molecule has 1 amide bonds. The lowest BCUT2D eigenvalue weighted by Crippen LogP contribution is -2.24. The van der Waals surface area contributed by atoms with Crippen LogP contribution in [0.4, 0.5) is 0 Å². The molecule has 1 heterocycles. The summed E-state index contributed by atoms with van der Waals surface area (Å²) in [5.41, 5.74) is 2.25. The van der Waals surface area contributed by atoms with Gasteiger partial charge < -0.3 is 5.32 Å². The summed E-state index contributed by atoms with van der Waals surface area (Å²) < 4.78 is 0.970. The van der Waals surface area contributed by atoms with Crippen molar-refractivity contribution in [1.29, 1.82) is 0 Å². The molecule has 0 spiro atoms. The van der Waals surface area contributed by atoms with Crippen LogP contribution in [0.5, 0.6) is 0 Å². The maximum atomic E-state index is 11.9. The van der Waals surface area contributed by atoms with Crippen molar-refractivity contribution in [1.82, 2.24) is 5.32 Å². The molecule has 20 heavy (non-hydrogen) atoms. The van der Waals surface area contributed by atoms with Gasteiger partial charge in [-0.05, 0) is 23.8 Å². The Balaban J connectivity index is 1.95. The van der Waals surface area contributed by atoms with Gasteiger partial charge in [0.25, 0.3) is 5.91 Å². The highest BCUT2D eigenvalue weighted by atomic mass is 79.9. The lowest BCUT2D eigenvalue weighted by Gasteiger charge is -1.98. The van der Waals surface area contributed by atoms with Crippen molar-refractivity contribution in [2.45, 2.75) is 0 Å². The predicted octanol–water partition coefficient (Wildman–Crippen LogP) is 3.37. The van der Waals surface area contributed by atoms with Crippen LogP contribution in [0.15, 0.2) is 69.8 Å². The lowest BCUT2D eigenvalue weighted by molar-refractivity contribution is -0.115. The van der Waals surface area contributed by atoms with Gasteiger partial charge in [-0.3, -0.25) is 4.79 Å². The average molecular weight is 327 g/mol. The zero-order valence-electron chi connectivity index (χ0n) is 10.5. The van der Waals surface area contributed by atoms with Crippen molar-refractivity contribution < 1.29 is 4.79 Å². The largest absolute Gasteiger partial charge is 0.305 e. The van der Waals surface area contributed by atoms with E-state index < -0.39 is 0 Å². The van der Waals surface area contributed by atoms with E-state index in [0.29, 0.717) is 11.5 Å². The minimum absolute atomic E-state index is 0.177. The number of nitrogens with zero attached hydrogens (tertiary/aromatic N) is 1. The van der Waals surface area contributed by atoms with Crippen molar-refractivity contribution in [2.75, 3.05) is 0 Å². The zero-order valence-corrected chi connectivity index (χ0v) is 12.1. The third-order valence-corrected chi connectivity index (χ3v) is 3.39. The van der Waals surface area contributed by atoms with Crippen molar-refractivity contribution >= 4 is 33.7 Å². The van der Waals surface area contributed by atoms with Crippen LogP contribution >= 0.6 is 15.9 Å². The molecular formula is C16H11BrN2O. The number of hydrogen-bond donors (Lipinski definition) is 1. The van der Waals surface area contributed by atoms with Gasteiger partial charge in [0, 0.05) is 10.0 Å². The normalized spacial score (nSPS) is 16.1. The molecule has 0 saturated heterocycles. The summed E-state index contributed by atoms with van der Waals surface area (Å²) in [6.45, 7) is 0. The molecule has 0 unspecified atom stereocenters. The fourth-order valence-corrected chi connectivity index (χ4v) is 2.37. The monoisotopic (exact) mass is 326 g/mol. The standard InChI is InChI=1S/C16H11BrN2O/c17-13-8-4-5-11(9-13)10-14-16(20)19-15(18-14)12-6-2-1-3-7-12/h1-10H,(H,18,19,20). The van der Waals surface area contributed by atoms with Crippen LogP contribution in [-0.2, 0) is 4.79 Å². The summed E-state index contributed by atoms with van der Waals surface area (Å²) in [7, 11) is 0. The van der Waals surface area contributed by atoms with Gasteiger partial charge in [0.05, 0.1) is 0 Å². The minimum atomic E-state index is -0.177. The van der Waals surface area contributed by atoms with E-state index in [1.54, 1.807) is 6.08 Å². The van der Waals surface area contributed by atoms with E-state index in [1.807, 2.05) is 54.6 Å². The highest BCUT2D eigenvalue weighted by Gasteiger charge is 2.20. The number of aliphatic imine (C=N–C) groups is 1. The Morgan fingerprint density at radius 3 is 2.60 bits per heavy atom. The molecule has 0 aliphatic carbocycles. The highest BCUT2D eigenvalue weighted by molar-refractivity contribution is 9.10. The van der Waals surface area contributed by atoms with Crippen LogP contribution < -0.4 is 5.32 Å². The summed E-state index contributed by atoms with van der Waals surface area (Å²) in [5, 5.41) is 2.79. The first-order valence-corrected chi connectivity index (χ1v) is 6.94. The van der Waals surface area contributed by atoms with Crippen LogP contribution in [0.3, 0.4) is 0 Å². The summed E-state index contributed by atoms with van der Waals surface area (Å²) >= 11 is 3.41. The summed E-state index contributed by atoms with van der Waals surface area (Å²) in [5.74, 6) is 0.417. The van der Waals surface area contributed by atoms with Crippen LogP contribution in [0, 0.1) is 0 Å². The van der Waals surface area contributed by atoms with Gasteiger partial charge >= 0.3 is 0 Å². The van der Waals surface area contributed by atoms with E-state index in [1.165, 1.54) is 0 Å². The number of amides is 1. The maximum Gasteiger partial charge on any atom is 0.275 e. The van der Waals surface area contributed by atoms with Crippen LogP contribution in [-0.4, -0.2) is 11.7 Å². The molecule has 3 rings (SSSR count). The highest BCUT2D eigenvalue weighted by Crippen LogP contribution is 2.17. The lowest BCUT2D eigenvalue weighted by atomic mass is 10.2. The Bertz CT molecular complexity index is 720. The number of carbonyl (C=O) groups excluding carboxylic acids is 1. The second kappa shape index (κ2) is 5.43. The summed E-state index contributed by atoms with van der Waals surface area (Å²) in [6, 6.07) is 17.3. The molecule has 0 saturated carbocycles. The molecule has 1 aliphatic heterocycles. The summed E-state index contributed by atoms with van der Waals surface area (Å²) in [4.78, 5) is 16.3. The van der Waals surface area contributed by atoms with Gasteiger partial charge in [0.15, 0.2) is 0 Å². The number of nitrogens with one attached hydrogen (secondary N) is 1. The zero-order chi connectivity index (χ0) is 13.9. The van der Waals surface area contributed by atoms with E-state index in [4.69, 9.17) is 0 Å². The first kappa shape index (κ1) is 12.8. The molecule has 4 heteroatoms. The van der Waals surface area contributed by atoms with Gasteiger partial charge in [0.1, 0.15) is 11.5 Å². The molecule has 0 bridgehead atoms. The number of rotatable bonds is 2. The SMILES string of the molecule is O=C1NC(c2ccccc2)=NC1=Cc1cccc(Br)c1. The smallest absolute Gasteiger partial charge is 0.275 e. The van der Waals surface area contributed by atoms with Gasteiger partial charge in [-0.15, -0.1) is 0 Å². The number of amidine groups is 1. The first-order chi connectivity index (χ1) is 9.72. The van der Waals surface area contributed by atoms with E-state index in [0.717, 1.165) is 15.6 Å². The third kappa shape index (κ3) is 2.70. The molecular weight excluding hydrogens is 316 g/mol. The van der Waals surface area contributed by atoms with Crippen molar-refractivity contribution in [3.8, 4) is 0 Å². The molecule has 3 nitrogen and oxygen atoms in total. The molecule has 0 fully saturated rings. The van der Waals surface area contributed by atoms with Crippen LogP contribution in [0.25, 0.3) is 6.08 Å². The van der Waals surface area contributed by atoms with Crippen LogP contribution in [0.1, 0.15) is 11.1 Å². The molecule has 2 aromatic rings. The van der Waals surface area contributed by atoms with Gasteiger partial charge in [-0.2, -0.15) is 0 Å². The Morgan fingerprint density at radius 2 is 1.85 bits per heavy atom. The topological polar surface area (TPSA) is 41.5 Å². The van der Waals surface area contributed by atoms with Gasteiger partial charge in [0.2, 0.25) is 0 Å². The quantitative estimate of drug-likeness (QED) is 0.844. The maximum absolute atomic E-state index is 11.9. The molecule has 1 N–H and O–H groups in total. The van der Waals surface area contributed by atoms with Crippen molar-refractivity contribution in [3.63, 3.8) is 0 Å². The molecule has 2 aromatic carbocycles. The van der Waals surface area contributed by atoms with Crippen molar-refractivity contribution in [2.24, 2.45) is 4.99 Å². The fourth-order valence-electron chi connectivity index (χ4n) is 1.96. The molecule has 1 aliphatic rings. The van der Waals surface area contributed by atoms with E-state index in [9.17, 15) is 4.79 Å². The fraction of sp³-hybridized carbons (Fsp3) is 0. The Morgan fingerprint density at radius 1 is 1.05 bits per heavy atom. The average Bonchev–Trinajstić information content (AvgIpc) is 2.81. The Hall–Kier alpha value is -2.20. The van der Waals surface area contributed by atoms with Crippen LogP contribution in [0.2, 0.25) is 0 Å². The second-order valence-corrected chi connectivity index (χ2v) is 5.28. The second-order valence-electron chi connectivity index (χ2n) is 4.37. The first-order valence-electron chi connectivity index (χ1n) is 6.15. The number of hydrogen-bond acceptors (Lipinski definition) is 2. The number of halogens is 1. The summed E-state index contributed by atoms with van der Waals surface area (Å²) in [6.07, 6.45) is 1.77. The number of benzene rings is 2. The van der Waals surface area contributed by atoms with Crippen molar-refractivity contribution in [3.05, 3.63) is 75.9 Å². The number of carbonyl (C=O) groups is 1. The van der Waals surface area contributed by atoms with E-state index >= 15 is 0 Å². The third-order valence-electron chi connectivity index (χ3n) is 2.90. The van der Waals surface area contributed by atoms with E-state index in [-0.39, 0.29) is 5.91 Å². The predicted molar refractivity (Wildman–Crippen MR) is 83.2 cm³/mol. The molecule has 0 aromatic heterocycles.